The van der Waals surface area contributed by atoms with E-state index in [0.717, 1.165) is 44.9 Å². The van der Waals surface area contributed by atoms with Crippen LogP contribution in [0.1, 0.15) is 206 Å². The Balaban J connectivity index is 4.15. The van der Waals surface area contributed by atoms with Crippen molar-refractivity contribution in [3.8, 4) is 0 Å². The molecular formula is C42H83O9P. The molecule has 0 amide bonds. The Morgan fingerprint density at radius 2 is 0.981 bits per heavy atom. The van der Waals surface area contributed by atoms with Gasteiger partial charge in [-0.05, 0) is 38.5 Å². The third-order valence-corrected chi connectivity index (χ3v) is 10.4. The number of hydrogen-bond donors (Lipinski definition) is 3. The Hall–Kier alpha value is -0.800. The maximum Gasteiger partial charge on any atom is 0.472 e. The van der Waals surface area contributed by atoms with Crippen molar-refractivity contribution in [3.63, 3.8) is 0 Å². The van der Waals surface area contributed by atoms with Gasteiger partial charge in [-0.2, -0.15) is 0 Å². The van der Waals surface area contributed by atoms with E-state index in [2.05, 4.69) is 26.0 Å². The molecule has 0 bridgehead atoms. The number of carbonyl (C=O) groups excluding carboxylic acids is 1. The monoisotopic (exact) mass is 763 g/mol. The highest BCUT2D eigenvalue weighted by molar-refractivity contribution is 7.47. The van der Waals surface area contributed by atoms with Gasteiger partial charge in [0.2, 0.25) is 0 Å². The fourth-order valence-electron chi connectivity index (χ4n) is 6.12. The third kappa shape index (κ3) is 38.9. The van der Waals surface area contributed by atoms with E-state index in [0.29, 0.717) is 6.61 Å². The second kappa shape index (κ2) is 39.9. The minimum Gasteiger partial charge on any atom is -0.457 e. The first-order valence-corrected chi connectivity index (χ1v) is 23.2. The number of aliphatic hydroxyl groups excluding tert-OH is 2. The van der Waals surface area contributed by atoms with Gasteiger partial charge in [0, 0.05) is 13.0 Å². The van der Waals surface area contributed by atoms with Gasteiger partial charge in [-0.1, -0.05) is 174 Å². The summed E-state index contributed by atoms with van der Waals surface area (Å²) < 4.78 is 33.4. The number of ether oxygens (including phenoxy) is 2. The number of aliphatic hydroxyl groups is 2. The number of unbranched alkanes of at least 4 members (excludes halogenated alkanes) is 26. The van der Waals surface area contributed by atoms with Gasteiger partial charge < -0.3 is 24.6 Å². The van der Waals surface area contributed by atoms with Crippen molar-refractivity contribution < 1.29 is 43.0 Å². The molecule has 0 fully saturated rings. The van der Waals surface area contributed by atoms with Gasteiger partial charge in [0.15, 0.2) is 0 Å². The van der Waals surface area contributed by atoms with E-state index in [9.17, 15) is 19.4 Å². The molecule has 0 aliphatic heterocycles. The van der Waals surface area contributed by atoms with Gasteiger partial charge >= 0.3 is 13.8 Å². The van der Waals surface area contributed by atoms with Crippen molar-refractivity contribution in [2.24, 2.45) is 0 Å². The number of rotatable bonds is 42. The molecule has 10 heteroatoms. The Morgan fingerprint density at radius 3 is 1.44 bits per heavy atom. The summed E-state index contributed by atoms with van der Waals surface area (Å²) in [5.74, 6) is -0.381. The largest absolute Gasteiger partial charge is 0.472 e. The smallest absolute Gasteiger partial charge is 0.457 e. The fourth-order valence-corrected chi connectivity index (χ4v) is 6.91. The fraction of sp³-hybridized carbons (Fsp3) is 0.929. The van der Waals surface area contributed by atoms with Gasteiger partial charge in [-0.25, -0.2) is 4.57 Å². The molecule has 0 saturated carbocycles. The van der Waals surface area contributed by atoms with Gasteiger partial charge in [0.1, 0.15) is 12.2 Å². The average molecular weight is 763 g/mol. The normalized spacial score (nSPS) is 14.2. The molecule has 0 spiro atoms. The van der Waals surface area contributed by atoms with Gasteiger partial charge in [0.05, 0.1) is 26.4 Å². The van der Waals surface area contributed by atoms with E-state index >= 15 is 0 Å². The van der Waals surface area contributed by atoms with Crippen LogP contribution in [0.15, 0.2) is 12.2 Å². The second-order valence-corrected chi connectivity index (χ2v) is 16.2. The Bertz CT molecular complexity index is 825. The van der Waals surface area contributed by atoms with Crippen molar-refractivity contribution in [1.82, 2.24) is 0 Å². The molecule has 3 atom stereocenters. The highest BCUT2D eigenvalue weighted by atomic mass is 31.2. The van der Waals surface area contributed by atoms with E-state index in [4.69, 9.17) is 23.6 Å². The zero-order valence-electron chi connectivity index (χ0n) is 33.8. The molecule has 0 rings (SSSR count). The molecule has 0 saturated heterocycles. The number of hydrogen-bond acceptors (Lipinski definition) is 8. The van der Waals surface area contributed by atoms with Crippen LogP contribution in [0, 0.1) is 0 Å². The van der Waals surface area contributed by atoms with E-state index in [1.165, 1.54) is 141 Å². The summed E-state index contributed by atoms with van der Waals surface area (Å²) in [7, 11) is -4.51. The van der Waals surface area contributed by atoms with Crippen LogP contribution in [0.4, 0.5) is 0 Å². The quantitative estimate of drug-likeness (QED) is 0.0241. The molecule has 0 heterocycles. The number of carbonyl (C=O) groups is 1. The minimum atomic E-state index is -4.51. The SMILES string of the molecule is CCCCCCC/C=C\CCCCCCCCOCC(COP(=O)(O)OCC(O)CO)OC(=O)CCCCCCCCCCCCCCCCCC. The summed E-state index contributed by atoms with van der Waals surface area (Å²) in [6.07, 6.45) is 38.8. The van der Waals surface area contributed by atoms with Crippen LogP contribution < -0.4 is 0 Å². The summed E-state index contributed by atoms with van der Waals surface area (Å²) in [6, 6.07) is 0. The zero-order chi connectivity index (χ0) is 38.2. The van der Waals surface area contributed by atoms with Crippen LogP contribution in [0.5, 0.6) is 0 Å². The molecule has 0 aromatic rings. The lowest BCUT2D eigenvalue weighted by molar-refractivity contribution is -0.154. The molecule has 9 nitrogen and oxygen atoms in total. The molecule has 3 N–H and O–H groups in total. The third-order valence-electron chi connectivity index (χ3n) is 9.45. The van der Waals surface area contributed by atoms with Gasteiger partial charge in [-0.15, -0.1) is 0 Å². The van der Waals surface area contributed by atoms with Crippen LogP contribution in [-0.4, -0.2) is 66.3 Å². The van der Waals surface area contributed by atoms with Crippen LogP contribution in [-0.2, 0) is 27.9 Å². The minimum absolute atomic E-state index is 0.0505. The van der Waals surface area contributed by atoms with Gasteiger partial charge in [-0.3, -0.25) is 13.8 Å². The van der Waals surface area contributed by atoms with Crippen molar-refractivity contribution >= 4 is 13.8 Å². The van der Waals surface area contributed by atoms with Crippen molar-refractivity contribution in [2.75, 3.05) is 33.0 Å². The van der Waals surface area contributed by atoms with E-state index in [1.54, 1.807) is 0 Å². The number of phosphoric acid groups is 1. The first kappa shape index (κ1) is 51.2. The van der Waals surface area contributed by atoms with Crippen LogP contribution in [0.25, 0.3) is 0 Å². The predicted molar refractivity (Wildman–Crippen MR) is 215 cm³/mol. The standard InChI is InChI=1S/C42H83O9P/c1-3-5-7-9-11-13-15-17-19-20-22-24-26-28-30-32-34-42(45)51-41(39-50-52(46,47)49-37-40(44)36-43)38-48-35-33-31-29-27-25-23-21-18-16-14-12-10-8-6-4-2/h16,18,40-41,43-44H,3-15,17,19-39H2,1-2H3,(H,46,47)/b18-16-. The maximum absolute atomic E-state index is 12.6. The molecular weight excluding hydrogens is 679 g/mol. The molecule has 0 aliphatic rings. The lowest BCUT2D eigenvalue weighted by Gasteiger charge is -2.20. The highest BCUT2D eigenvalue weighted by Gasteiger charge is 2.26. The molecule has 310 valence electrons. The second-order valence-electron chi connectivity index (χ2n) is 14.7. The van der Waals surface area contributed by atoms with Crippen molar-refractivity contribution in [2.45, 2.75) is 219 Å². The van der Waals surface area contributed by atoms with Crippen LogP contribution in [0.2, 0.25) is 0 Å². The number of allylic oxidation sites excluding steroid dienone is 2. The molecule has 0 aromatic heterocycles. The van der Waals surface area contributed by atoms with Crippen molar-refractivity contribution in [1.29, 1.82) is 0 Å². The van der Waals surface area contributed by atoms with E-state index in [-0.39, 0.29) is 25.6 Å². The summed E-state index contributed by atoms with van der Waals surface area (Å²) >= 11 is 0. The van der Waals surface area contributed by atoms with Crippen LogP contribution >= 0.6 is 7.82 Å². The van der Waals surface area contributed by atoms with E-state index < -0.39 is 33.2 Å². The summed E-state index contributed by atoms with van der Waals surface area (Å²) in [5.41, 5.74) is 0. The Morgan fingerprint density at radius 1 is 0.577 bits per heavy atom. The first-order valence-electron chi connectivity index (χ1n) is 21.7. The topological polar surface area (TPSA) is 132 Å². The number of phosphoric ester groups is 1. The summed E-state index contributed by atoms with van der Waals surface area (Å²) in [4.78, 5) is 22.6. The Labute approximate surface area is 320 Å². The average Bonchev–Trinajstić information content (AvgIpc) is 3.13. The molecule has 52 heavy (non-hydrogen) atoms. The zero-order valence-corrected chi connectivity index (χ0v) is 34.7. The summed E-state index contributed by atoms with van der Waals surface area (Å²) in [6.45, 7) is 3.53. The molecule has 3 unspecified atom stereocenters. The maximum atomic E-state index is 12.6. The lowest BCUT2D eigenvalue weighted by atomic mass is 10.0. The number of esters is 1. The first-order chi connectivity index (χ1) is 25.3. The molecule has 0 radical (unpaired) electrons. The predicted octanol–water partition coefficient (Wildman–Crippen LogP) is 11.7. The molecule has 0 aliphatic carbocycles. The highest BCUT2D eigenvalue weighted by Crippen LogP contribution is 2.43. The molecule has 0 aromatic carbocycles. The summed E-state index contributed by atoms with van der Waals surface area (Å²) in [5, 5.41) is 18.3. The van der Waals surface area contributed by atoms with Crippen molar-refractivity contribution in [3.05, 3.63) is 12.2 Å². The van der Waals surface area contributed by atoms with E-state index in [1.807, 2.05) is 0 Å². The lowest BCUT2D eigenvalue weighted by Crippen LogP contribution is -2.29. The Kier molecular flexibility index (Phi) is 39.3. The van der Waals surface area contributed by atoms with Gasteiger partial charge in [0.25, 0.3) is 0 Å². The van der Waals surface area contributed by atoms with Crippen LogP contribution in [0.3, 0.4) is 0 Å².